The van der Waals surface area contributed by atoms with E-state index in [-0.39, 0.29) is 23.8 Å². The molecule has 2 unspecified atom stereocenters. The summed E-state index contributed by atoms with van der Waals surface area (Å²) in [6.07, 6.45) is 2.24. The van der Waals surface area contributed by atoms with Gasteiger partial charge in [0.1, 0.15) is 0 Å². The highest BCUT2D eigenvalue weighted by molar-refractivity contribution is 5.81. The van der Waals surface area contributed by atoms with E-state index in [1.54, 1.807) is 0 Å². The maximum absolute atomic E-state index is 12.6. The molecule has 2 atom stereocenters. The van der Waals surface area contributed by atoms with Crippen molar-refractivity contribution in [2.45, 2.75) is 25.3 Å². The Morgan fingerprint density at radius 3 is 2.61 bits per heavy atom. The predicted molar refractivity (Wildman–Crippen MR) is 83.9 cm³/mol. The minimum atomic E-state index is -0.0543. The number of hydrogen-bond acceptors (Lipinski definition) is 5. The number of rotatable bonds is 3. The Bertz CT molecular complexity index is 420. The van der Waals surface area contributed by atoms with E-state index in [1.807, 2.05) is 9.80 Å². The highest BCUT2D eigenvalue weighted by atomic mass is 16.5. The maximum Gasteiger partial charge on any atom is 0.227 e. The number of likely N-dealkylation sites (tertiary alicyclic amines) is 1. The van der Waals surface area contributed by atoms with Gasteiger partial charge in [-0.25, -0.2) is 0 Å². The van der Waals surface area contributed by atoms with Crippen molar-refractivity contribution in [2.75, 3.05) is 59.2 Å². The van der Waals surface area contributed by atoms with Crippen LogP contribution in [0.5, 0.6) is 0 Å². The Morgan fingerprint density at radius 2 is 1.87 bits per heavy atom. The molecule has 2 amide bonds. The summed E-state index contributed by atoms with van der Waals surface area (Å²) in [5, 5.41) is 3.31. The molecule has 23 heavy (non-hydrogen) atoms. The molecule has 1 N–H and O–H groups in total. The van der Waals surface area contributed by atoms with Gasteiger partial charge in [-0.3, -0.25) is 9.59 Å². The Kier molecular flexibility index (Phi) is 5.85. The fourth-order valence-corrected chi connectivity index (χ4v) is 3.54. The molecule has 0 aromatic rings. The third kappa shape index (κ3) is 4.43. The standard InChI is InChI=1S/C16H27N3O4/c20-15(10-14-12-23-7-3-17-14)19-4-1-2-13(11-19)16(21)18-5-8-22-9-6-18/h13-14,17H,1-12H2. The fraction of sp³-hybridized carbons (Fsp3) is 0.875. The third-order valence-corrected chi connectivity index (χ3v) is 4.87. The van der Waals surface area contributed by atoms with Gasteiger partial charge in [0.05, 0.1) is 32.3 Å². The van der Waals surface area contributed by atoms with Crippen molar-refractivity contribution >= 4 is 11.8 Å². The molecule has 3 heterocycles. The van der Waals surface area contributed by atoms with Gasteiger partial charge >= 0.3 is 0 Å². The van der Waals surface area contributed by atoms with Crippen LogP contribution >= 0.6 is 0 Å². The molecule has 3 fully saturated rings. The first-order valence-electron chi connectivity index (χ1n) is 8.69. The largest absolute Gasteiger partial charge is 0.378 e. The van der Waals surface area contributed by atoms with Crippen molar-refractivity contribution in [3.05, 3.63) is 0 Å². The smallest absolute Gasteiger partial charge is 0.227 e. The number of morpholine rings is 2. The molecule has 130 valence electrons. The summed E-state index contributed by atoms with van der Waals surface area (Å²) < 4.78 is 10.7. The number of nitrogens with zero attached hydrogens (tertiary/aromatic N) is 2. The van der Waals surface area contributed by atoms with Crippen LogP contribution in [0.1, 0.15) is 19.3 Å². The summed E-state index contributed by atoms with van der Waals surface area (Å²) in [4.78, 5) is 28.9. The molecular formula is C16H27N3O4. The molecule has 0 aromatic heterocycles. The predicted octanol–water partition coefficient (Wildman–Crippen LogP) is -0.538. The number of hydrogen-bond donors (Lipinski definition) is 1. The number of carbonyl (C=O) groups excluding carboxylic acids is 2. The third-order valence-electron chi connectivity index (χ3n) is 4.87. The molecule has 3 aliphatic rings. The van der Waals surface area contributed by atoms with E-state index < -0.39 is 0 Å². The lowest BCUT2D eigenvalue weighted by molar-refractivity contribution is -0.144. The Labute approximate surface area is 137 Å². The fourth-order valence-electron chi connectivity index (χ4n) is 3.54. The van der Waals surface area contributed by atoms with Gasteiger partial charge in [0, 0.05) is 45.2 Å². The number of nitrogens with one attached hydrogen (secondary N) is 1. The van der Waals surface area contributed by atoms with Gasteiger partial charge in [0.25, 0.3) is 0 Å². The van der Waals surface area contributed by atoms with Gasteiger partial charge in [-0.05, 0) is 12.8 Å². The van der Waals surface area contributed by atoms with Gasteiger partial charge in [0.2, 0.25) is 11.8 Å². The molecule has 0 aromatic carbocycles. The Morgan fingerprint density at radius 1 is 1.04 bits per heavy atom. The SMILES string of the molecule is O=C(CC1COCCN1)N1CCCC(C(=O)N2CCOCC2)C1. The molecule has 0 radical (unpaired) electrons. The van der Waals surface area contributed by atoms with Crippen LogP contribution < -0.4 is 5.32 Å². The van der Waals surface area contributed by atoms with Gasteiger partial charge in [-0.1, -0.05) is 0 Å². The number of piperidine rings is 1. The molecule has 3 aliphatic heterocycles. The zero-order valence-electron chi connectivity index (χ0n) is 13.7. The monoisotopic (exact) mass is 325 g/mol. The van der Waals surface area contributed by atoms with Crippen LogP contribution in [0.3, 0.4) is 0 Å². The summed E-state index contributed by atoms with van der Waals surface area (Å²) in [6.45, 7) is 6.01. The van der Waals surface area contributed by atoms with E-state index in [1.165, 1.54) is 0 Å². The van der Waals surface area contributed by atoms with Gasteiger partial charge < -0.3 is 24.6 Å². The summed E-state index contributed by atoms with van der Waals surface area (Å²) >= 11 is 0. The Hall–Kier alpha value is -1.18. The van der Waals surface area contributed by atoms with Gasteiger partial charge in [-0.2, -0.15) is 0 Å². The summed E-state index contributed by atoms with van der Waals surface area (Å²) in [5.74, 6) is 0.263. The van der Waals surface area contributed by atoms with Crippen LogP contribution in [0, 0.1) is 5.92 Å². The zero-order chi connectivity index (χ0) is 16.1. The van der Waals surface area contributed by atoms with Crippen molar-refractivity contribution in [3.8, 4) is 0 Å². The highest BCUT2D eigenvalue weighted by Crippen LogP contribution is 2.20. The maximum atomic E-state index is 12.6. The molecule has 0 bridgehead atoms. The first kappa shape index (κ1) is 16.7. The Balaban J connectivity index is 1.50. The molecule has 7 heteroatoms. The minimum Gasteiger partial charge on any atom is -0.378 e. The van der Waals surface area contributed by atoms with Crippen LogP contribution in [0.2, 0.25) is 0 Å². The van der Waals surface area contributed by atoms with E-state index in [9.17, 15) is 9.59 Å². The molecule has 7 nitrogen and oxygen atoms in total. The number of ether oxygens (including phenoxy) is 2. The summed E-state index contributed by atoms with van der Waals surface area (Å²) in [6, 6.07) is 0.103. The first-order valence-corrected chi connectivity index (χ1v) is 8.69. The van der Waals surface area contributed by atoms with Crippen LogP contribution in [-0.2, 0) is 19.1 Å². The summed E-state index contributed by atoms with van der Waals surface area (Å²) in [7, 11) is 0. The lowest BCUT2D eigenvalue weighted by Gasteiger charge is -2.37. The van der Waals surface area contributed by atoms with E-state index in [4.69, 9.17) is 9.47 Å². The van der Waals surface area contributed by atoms with Crippen molar-refractivity contribution in [2.24, 2.45) is 5.92 Å². The van der Waals surface area contributed by atoms with E-state index in [0.29, 0.717) is 52.5 Å². The van der Waals surface area contributed by atoms with Crippen LogP contribution in [0.25, 0.3) is 0 Å². The van der Waals surface area contributed by atoms with Gasteiger partial charge in [0.15, 0.2) is 0 Å². The van der Waals surface area contributed by atoms with Crippen LogP contribution in [0.4, 0.5) is 0 Å². The van der Waals surface area contributed by atoms with E-state index in [2.05, 4.69) is 5.32 Å². The number of carbonyl (C=O) groups is 2. The minimum absolute atomic E-state index is 0.0543. The second-order valence-electron chi connectivity index (χ2n) is 6.55. The van der Waals surface area contributed by atoms with Crippen molar-refractivity contribution < 1.29 is 19.1 Å². The van der Waals surface area contributed by atoms with Crippen molar-refractivity contribution in [1.82, 2.24) is 15.1 Å². The second-order valence-corrected chi connectivity index (χ2v) is 6.55. The number of amides is 2. The van der Waals surface area contributed by atoms with Crippen molar-refractivity contribution in [3.63, 3.8) is 0 Å². The first-order chi connectivity index (χ1) is 11.2. The second kappa shape index (κ2) is 8.08. The van der Waals surface area contributed by atoms with E-state index >= 15 is 0 Å². The zero-order valence-corrected chi connectivity index (χ0v) is 13.7. The highest BCUT2D eigenvalue weighted by Gasteiger charge is 2.32. The van der Waals surface area contributed by atoms with E-state index in [0.717, 1.165) is 25.9 Å². The van der Waals surface area contributed by atoms with Crippen molar-refractivity contribution in [1.29, 1.82) is 0 Å². The average Bonchev–Trinajstić information content (AvgIpc) is 2.63. The molecular weight excluding hydrogens is 298 g/mol. The van der Waals surface area contributed by atoms with Crippen LogP contribution in [-0.4, -0.2) is 86.8 Å². The average molecular weight is 325 g/mol. The lowest BCUT2D eigenvalue weighted by atomic mass is 9.95. The normalized spacial score (nSPS) is 29.4. The topological polar surface area (TPSA) is 71.1 Å². The quantitative estimate of drug-likeness (QED) is 0.755. The summed E-state index contributed by atoms with van der Waals surface area (Å²) in [5.41, 5.74) is 0. The molecule has 3 rings (SSSR count). The molecule has 0 spiro atoms. The van der Waals surface area contributed by atoms with Crippen LogP contribution in [0.15, 0.2) is 0 Å². The lowest BCUT2D eigenvalue weighted by Crippen LogP contribution is -2.51. The molecule has 0 saturated carbocycles. The molecule has 3 saturated heterocycles. The molecule has 0 aliphatic carbocycles. The van der Waals surface area contributed by atoms with Gasteiger partial charge in [-0.15, -0.1) is 0 Å².